The Bertz CT molecular complexity index is 893. The SMILES string of the molecule is O=C(CCN1C(=O)C2CC=CCC2C1=O)NCc1ccccc1-n1ccnc1. The number of amides is 3. The third-order valence-electron chi connectivity index (χ3n) is 5.41. The van der Waals surface area contributed by atoms with Crippen molar-refractivity contribution in [2.24, 2.45) is 11.8 Å². The Kier molecular flexibility index (Phi) is 5.06. The van der Waals surface area contributed by atoms with Gasteiger partial charge in [-0.3, -0.25) is 19.3 Å². The van der Waals surface area contributed by atoms with Crippen LogP contribution in [0.15, 0.2) is 55.1 Å². The molecule has 0 spiro atoms. The van der Waals surface area contributed by atoms with Crippen LogP contribution < -0.4 is 5.32 Å². The molecular weight excluding hydrogens is 356 g/mol. The summed E-state index contributed by atoms with van der Waals surface area (Å²) in [5.74, 6) is -0.963. The second-order valence-electron chi connectivity index (χ2n) is 7.11. The summed E-state index contributed by atoms with van der Waals surface area (Å²) in [7, 11) is 0. The van der Waals surface area contributed by atoms with Crippen molar-refractivity contribution in [1.82, 2.24) is 19.8 Å². The van der Waals surface area contributed by atoms with Crippen molar-refractivity contribution < 1.29 is 14.4 Å². The van der Waals surface area contributed by atoms with Crippen LogP contribution in [0.2, 0.25) is 0 Å². The van der Waals surface area contributed by atoms with E-state index >= 15 is 0 Å². The van der Waals surface area contributed by atoms with Crippen LogP contribution in [0.1, 0.15) is 24.8 Å². The van der Waals surface area contributed by atoms with E-state index in [9.17, 15) is 14.4 Å². The highest BCUT2D eigenvalue weighted by molar-refractivity contribution is 6.05. The zero-order valence-electron chi connectivity index (χ0n) is 15.5. The van der Waals surface area contributed by atoms with E-state index in [4.69, 9.17) is 0 Å². The zero-order chi connectivity index (χ0) is 19.5. The van der Waals surface area contributed by atoms with Crippen LogP contribution in [0.3, 0.4) is 0 Å². The first-order valence-corrected chi connectivity index (χ1v) is 9.48. The van der Waals surface area contributed by atoms with Gasteiger partial charge in [-0.2, -0.15) is 0 Å². The third kappa shape index (κ3) is 3.47. The van der Waals surface area contributed by atoms with Crippen molar-refractivity contribution in [1.29, 1.82) is 0 Å². The molecule has 144 valence electrons. The Morgan fingerprint density at radius 3 is 2.50 bits per heavy atom. The van der Waals surface area contributed by atoms with Gasteiger partial charge < -0.3 is 9.88 Å². The minimum Gasteiger partial charge on any atom is -0.352 e. The molecule has 2 atom stereocenters. The molecule has 2 aliphatic rings. The van der Waals surface area contributed by atoms with Crippen molar-refractivity contribution in [2.75, 3.05) is 6.54 Å². The maximum atomic E-state index is 12.4. The first-order valence-electron chi connectivity index (χ1n) is 9.48. The Labute approximate surface area is 163 Å². The first-order chi connectivity index (χ1) is 13.6. The number of imide groups is 1. The van der Waals surface area contributed by atoms with Gasteiger partial charge in [0.05, 0.1) is 23.9 Å². The summed E-state index contributed by atoms with van der Waals surface area (Å²) in [6.45, 7) is 0.504. The monoisotopic (exact) mass is 378 g/mol. The van der Waals surface area contributed by atoms with E-state index in [1.165, 1.54) is 4.90 Å². The average Bonchev–Trinajstić information content (AvgIpc) is 3.34. The Morgan fingerprint density at radius 2 is 1.82 bits per heavy atom. The Balaban J connectivity index is 1.33. The Hall–Kier alpha value is -3.22. The number of carbonyl (C=O) groups is 3. The summed E-state index contributed by atoms with van der Waals surface area (Å²) in [5, 5.41) is 2.88. The van der Waals surface area contributed by atoms with Gasteiger partial charge in [0.15, 0.2) is 0 Å². The van der Waals surface area contributed by atoms with Gasteiger partial charge in [0.1, 0.15) is 0 Å². The smallest absolute Gasteiger partial charge is 0.233 e. The van der Waals surface area contributed by atoms with Crippen molar-refractivity contribution in [3.8, 4) is 5.69 Å². The van der Waals surface area contributed by atoms with Crippen molar-refractivity contribution >= 4 is 17.7 Å². The summed E-state index contributed by atoms with van der Waals surface area (Å²) < 4.78 is 1.89. The summed E-state index contributed by atoms with van der Waals surface area (Å²) in [6, 6.07) is 7.75. The maximum Gasteiger partial charge on any atom is 0.233 e. The number of aromatic nitrogens is 2. The van der Waals surface area contributed by atoms with E-state index < -0.39 is 0 Å². The van der Waals surface area contributed by atoms with Gasteiger partial charge in [-0.15, -0.1) is 0 Å². The predicted molar refractivity (Wildman–Crippen MR) is 102 cm³/mol. The van der Waals surface area contributed by atoms with Crippen LogP contribution in [0.5, 0.6) is 0 Å². The lowest BCUT2D eigenvalue weighted by molar-refractivity contribution is -0.140. The highest BCUT2D eigenvalue weighted by Crippen LogP contribution is 2.34. The second-order valence-corrected chi connectivity index (χ2v) is 7.11. The molecule has 1 aromatic carbocycles. The summed E-state index contributed by atoms with van der Waals surface area (Å²) in [6.07, 6.45) is 10.5. The molecule has 0 saturated carbocycles. The summed E-state index contributed by atoms with van der Waals surface area (Å²) in [5.41, 5.74) is 1.90. The van der Waals surface area contributed by atoms with E-state index in [1.54, 1.807) is 12.5 Å². The van der Waals surface area contributed by atoms with Crippen LogP contribution in [-0.2, 0) is 20.9 Å². The largest absolute Gasteiger partial charge is 0.352 e. The number of carbonyl (C=O) groups excluding carboxylic acids is 3. The molecule has 2 heterocycles. The molecule has 3 amide bonds. The normalized spacial score (nSPS) is 21.1. The van der Waals surface area contributed by atoms with Crippen LogP contribution in [0.25, 0.3) is 5.69 Å². The minimum atomic E-state index is -0.248. The van der Waals surface area contributed by atoms with Gasteiger partial charge in [0.2, 0.25) is 17.7 Å². The number of fused-ring (bicyclic) bond motifs is 1. The molecule has 4 rings (SSSR count). The lowest BCUT2D eigenvalue weighted by Crippen LogP contribution is -2.35. The molecule has 28 heavy (non-hydrogen) atoms. The number of hydrogen-bond donors (Lipinski definition) is 1. The number of hydrogen-bond acceptors (Lipinski definition) is 4. The molecule has 0 bridgehead atoms. The van der Waals surface area contributed by atoms with Crippen LogP contribution >= 0.6 is 0 Å². The fourth-order valence-corrected chi connectivity index (χ4v) is 3.90. The molecule has 7 nitrogen and oxygen atoms in total. The second kappa shape index (κ2) is 7.80. The lowest BCUT2D eigenvalue weighted by Gasteiger charge is -2.15. The van der Waals surface area contributed by atoms with Gasteiger partial charge >= 0.3 is 0 Å². The molecule has 1 aromatic heterocycles. The van der Waals surface area contributed by atoms with Gasteiger partial charge in [-0.05, 0) is 24.5 Å². The molecule has 1 aliphatic heterocycles. The fraction of sp³-hybridized carbons (Fsp3) is 0.333. The number of imidazole rings is 1. The standard InChI is InChI=1S/C21H22N4O3/c26-19(9-11-25-20(27)16-6-2-3-7-17(16)21(25)28)23-13-15-5-1-4-8-18(15)24-12-10-22-14-24/h1-5,8,10,12,14,16-17H,6-7,9,11,13H2,(H,23,26). The van der Waals surface area contributed by atoms with E-state index in [1.807, 2.05) is 47.2 Å². The van der Waals surface area contributed by atoms with Gasteiger partial charge in [-0.25, -0.2) is 4.98 Å². The highest BCUT2D eigenvalue weighted by atomic mass is 16.2. The van der Waals surface area contributed by atoms with Crippen LogP contribution in [-0.4, -0.2) is 38.7 Å². The van der Waals surface area contributed by atoms with Gasteiger partial charge in [-0.1, -0.05) is 30.4 Å². The lowest BCUT2D eigenvalue weighted by atomic mass is 9.85. The zero-order valence-corrected chi connectivity index (χ0v) is 15.5. The number of nitrogens with one attached hydrogen (secondary N) is 1. The summed E-state index contributed by atoms with van der Waals surface area (Å²) >= 11 is 0. The van der Waals surface area contributed by atoms with Gasteiger partial charge in [0, 0.05) is 31.9 Å². The number of allylic oxidation sites excluding steroid dienone is 2. The maximum absolute atomic E-state index is 12.4. The van der Waals surface area contributed by atoms with Crippen molar-refractivity contribution in [3.05, 3.63) is 60.7 Å². The number of benzene rings is 1. The van der Waals surface area contributed by atoms with Crippen molar-refractivity contribution in [2.45, 2.75) is 25.8 Å². The molecule has 1 aliphatic carbocycles. The highest BCUT2D eigenvalue weighted by Gasteiger charge is 2.46. The quantitative estimate of drug-likeness (QED) is 0.614. The van der Waals surface area contributed by atoms with Crippen LogP contribution in [0, 0.1) is 11.8 Å². The molecule has 0 radical (unpaired) electrons. The average molecular weight is 378 g/mol. The summed E-state index contributed by atoms with van der Waals surface area (Å²) in [4.78, 5) is 42.5. The number of likely N-dealkylation sites (tertiary alicyclic amines) is 1. The van der Waals surface area contributed by atoms with E-state index in [0.29, 0.717) is 19.4 Å². The molecule has 1 N–H and O–H groups in total. The first kappa shape index (κ1) is 18.2. The van der Waals surface area contributed by atoms with Crippen LogP contribution in [0.4, 0.5) is 0 Å². The third-order valence-corrected chi connectivity index (χ3v) is 5.41. The van der Waals surface area contributed by atoms with E-state index in [0.717, 1.165) is 11.3 Å². The van der Waals surface area contributed by atoms with Gasteiger partial charge in [0.25, 0.3) is 0 Å². The molecule has 2 unspecified atom stereocenters. The molecule has 1 fully saturated rings. The van der Waals surface area contributed by atoms with E-state index in [2.05, 4.69) is 10.3 Å². The number of rotatable bonds is 6. The predicted octanol–water partition coefficient (Wildman–Crippen LogP) is 1.83. The van der Waals surface area contributed by atoms with E-state index in [-0.39, 0.29) is 42.5 Å². The van der Waals surface area contributed by atoms with Crippen molar-refractivity contribution in [3.63, 3.8) is 0 Å². The Morgan fingerprint density at radius 1 is 1.11 bits per heavy atom. The molecule has 1 saturated heterocycles. The minimum absolute atomic E-state index is 0.109. The molecular formula is C21H22N4O3. The topological polar surface area (TPSA) is 84.3 Å². The number of para-hydroxylation sites is 1. The number of nitrogens with zero attached hydrogens (tertiary/aromatic N) is 3. The fourth-order valence-electron chi connectivity index (χ4n) is 3.90. The molecule has 7 heteroatoms. The molecule has 2 aromatic rings.